The van der Waals surface area contributed by atoms with Gasteiger partial charge in [-0.3, -0.25) is 4.79 Å². The fraction of sp³-hybridized carbons (Fsp3) is 0.650. The number of ketones is 1. The van der Waals surface area contributed by atoms with Crippen LogP contribution in [-0.2, 0) is 4.79 Å². The van der Waals surface area contributed by atoms with Crippen LogP contribution in [0.15, 0.2) is 36.5 Å². The first-order valence-corrected chi connectivity index (χ1v) is 8.74. The zero-order chi connectivity index (χ0) is 15.6. The highest BCUT2D eigenvalue weighted by Crippen LogP contribution is 2.07. The van der Waals surface area contributed by atoms with Gasteiger partial charge < -0.3 is 0 Å². The third-order valence-electron chi connectivity index (χ3n) is 3.54. The predicted molar refractivity (Wildman–Crippen MR) is 94.6 cm³/mol. The van der Waals surface area contributed by atoms with Crippen LogP contribution in [-0.4, -0.2) is 5.78 Å². The Kier molecular flexibility index (Phi) is 16.0. The zero-order valence-corrected chi connectivity index (χ0v) is 14.2. The van der Waals surface area contributed by atoms with E-state index in [1.807, 2.05) is 6.92 Å². The molecule has 0 saturated carbocycles. The summed E-state index contributed by atoms with van der Waals surface area (Å²) in [5.74, 6) is 0.374. The van der Waals surface area contributed by atoms with E-state index in [1.165, 1.54) is 51.4 Å². The van der Waals surface area contributed by atoms with E-state index in [0.29, 0.717) is 18.6 Å². The van der Waals surface area contributed by atoms with E-state index in [1.54, 1.807) is 0 Å². The predicted octanol–water partition coefficient (Wildman–Crippen LogP) is 6.56. The van der Waals surface area contributed by atoms with Crippen molar-refractivity contribution in [1.82, 2.24) is 0 Å². The molecule has 0 bridgehead atoms. The first-order chi connectivity index (χ1) is 10.3. The maximum Gasteiger partial charge on any atom is 0.132 e. The molecule has 0 aromatic rings. The van der Waals surface area contributed by atoms with Crippen LogP contribution >= 0.6 is 0 Å². The fourth-order valence-electron chi connectivity index (χ4n) is 2.13. The molecule has 0 radical (unpaired) electrons. The van der Waals surface area contributed by atoms with Gasteiger partial charge in [0.25, 0.3) is 0 Å². The first kappa shape index (κ1) is 19.9. The Morgan fingerprint density at radius 1 is 0.714 bits per heavy atom. The molecule has 0 unspecified atom stereocenters. The van der Waals surface area contributed by atoms with Crippen molar-refractivity contribution in [3.63, 3.8) is 0 Å². The molecule has 0 aliphatic rings. The van der Waals surface area contributed by atoms with Gasteiger partial charge in [-0.15, -0.1) is 0 Å². The van der Waals surface area contributed by atoms with Crippen molar-refractivity contribution in [2.45, 2.75) is 84.5 Å². The third-order valence-corrected chi connectivity index (χ3v) is 3.54. The maximum atomic E-state index is 11.1. The van der Waals surface area contributed by atoms with Gasteiger partial charge in [0.2, 0.25) is 0 Å². The molecule has 0 aromatic carbocycles. The lowest BCUT2D eigenvalue weighted by molar-refractivity contribution is -0.118. The summed E-state index contributed by atoms with van der Waals surface area (Å²) >= 11 is 0. The minimum atomic E-state index is 0.374. The summed E-state index contributed by atoms with van der Waals surface area (Å²) in [5.41, 5.74) is 0. The summed E-state index contributed by atoms with van der Waals surface area (Å²) in [4.78, 5) is 11.1. The molecular formula is C20H34O. The molecule has 0 N–H and O–H groups in total. The van der Waals surface area contributed by atoms with Gasteiger partial charge in [0.05, 0.1) is 0 Å². The van der Waals surface area contributed by atoms with E-state index in [4.69, 9.17) is 0 Å². The second kappa shape index (κ2) is 16.9. The van der Waals surface area contributed by atoms with Crippen molar-refractivity contribution in [1.29, 1.82) is 0 Å². The number of unbranched alkanes of at least 4 members (excludes halogenated alkanes) is 6. The van der Waals surface area contributed by atoms with Gasteiger partial charge in [0, 0.05) is 12.8 Å². The Labute approximate surface area is 132 Å². The third kappa shape index (κ3) is 16.8. The normalized spacial score (nSPS) is 12.1. The standard InChI is InChI=1S/C20H34O/c1-3-5-6-7-8-9-10-11-12-13-14-15-16-17-18-19-20(21)4-2/h3,5,8-9,16-17H,4,6-7,10-15,18-19H2,1-2H3. The second-order valence-corrected chi connectivity index (χ2v) is 5.51. The molecular weight excluding hydrogens is 256 g/mol. The van der Waals surface area contributed by atoms with Crippen LogP contribution in [0.3, 0.4) is 0 Å². The van der Waals surface area contributed by atoms with Gasteiger partial charge >= 0.3 is 0 Å². The average molecular weight is 290 g/mol. The second-order valence-electron chi connectivity index (χ2n) is 5.51. The molecule has 120 valence electrons. The molecule has 0 amide bonds. The van der Waals surface area contributed by atoms with Gasteiger partial charge in [-0.2, -0.15) is 0 Å². The molecule has 1 heteroatoms. The quantitative estimate of drug-likeness (QED) is 0.262. The van der Waals surface area contributed by atoms with Gasteiger partial charge in [0.1, 0.15) is 5.78 Å². The number of hydrogen-bond acceptors (Lipinski definition) is 1. The monoisotopic (exact) mass is 290 g/mol. The van der Waals surface area contributed by atoms with Gasteiger partial charge in [-0.25, -0.2) is 0 Å². The van der Waals surface area contributed by atoms with Crippen LogP contribution in [0.1, 0.15) is 84.5 Å². The molecule has 0 aliphatic carbocycles. The molecule has 0 atom stereocenters. The topological polar surface area (TPSA) is 17.1 Å². The summed E-state index contributed by atoms with van der Waals surface area (Å²) in [7, 11) is 0. The van der Waals surface area contributed by atoms with Gasteiger partial charge in [-0.05, 0) is 51.9 Å². The van der Waals surface area contributed by atoms with Crippen molar-refractivity contribution >= 4 is 5.78 Å². The Hall–Kier alpha value is -1.11. The lowest BCUT2D eigenvalue weighted by atomic mass is 10.1. The van der Waals surface area contributed by atoms with E-state index in [0.717, 1.165) is 6.42 Å². The smallest absolute Gasteiger partial charge is 0.132 e. The van der Waals surface area contributed by atoms with Gasteiger partial charge in [-0.1, -0.05) is 56.2 Å². The summed E-state index contributed by atoms with van der Waals surface area (Å²) < 4.78 is 0. The van der Waals surface area contributed by atoms with Crippen molar-refractivity contribution in [2.24, 2.45) is 0 Å². The number of rotatable bonds is 14. The number of hydrogen-bond donors (Lipinski definition) is 0. The highest BCUT2D eigenvalue weighted by Gasteiger charge is 1.94. The van der Waals surface area contributed by atoms with E-state index < -0.39 is 0 Å². The number of carbonyl (C=O) groups is 1. The average Bonchev–Trinajstić information content (AvgIpc) is 2.50. The number of carbonyl (C=O) groups excluding carboxylic acids is 1. The lowest BCUT2D eigenvalue weighted by Gasteiger charge is -1.97. The molecule has 0 saturated heterocycles. The highest BCUT2D eigenvalue weighted by atomic mass is 16.1. The van der Waals surface area contributed by atoms with Crippen LogP contribution in [0.2, 0.25) is 0 Å². The molecule has 1 nitrogen and oxygen atoms in total. The summed E-state index contributed by atoms with van der Waals surface area (Å²) in [6.07, 6.45) is 25.7. The van der Waals surface area contributed by atoms with E-state index in [9.17, 15) is 4.79 Å². The zero-order valence-electron chi connectivity index (χ0n) is 14.2. The first-order valence-electron chi connectivity index (χ1n) is 8.74. The Morgan fingerprint density at radius 3 is 1.81 bits per heavy atom. The lowest BCUT2D eigenvalue weighted by Crippen LogP contribution is -1.92. The van der Waals surface area contributed by atoms with Crippen LogP contribution in [0.25, 0.3) is 0 Å². The number of Topliss-reactive ketones (excluding diaryl/α,β-unsaturated/α-hetero) is 1. The van der Waals surface area contributed by atoms with Crippen molar-refractivity contribution in [2.75, 3.05) is 0 Å². The van der Waals surface area contributed by atoms with Crippen LogP contribution in [0.5, 0.6) is 0 Å². The van der Waals surface area contributed by atoms with Crippen LogP contribution in [0, 0.1) is 0 Å². The molecule has 0 aliphatic heterocycles. The van der Waals surface area contributed by atoms with Crippen molar-refractivity contribution < 1.29 is 4.79 Å². The minimum absolute atomic E-state index is 0.374. The van der Waals surface area contributed by atoms with Gasteiger partial charge in [0.15, 0.2) is 0 Å². The highest BCUT2D eigenvalue weighted by molar-refractivity contribution is 5.78. The molecule has 0 heterocycles. The molecule has 0 rings (SSSR count). The maximum absolute atomic E-state index is 11.1. The Balaban J connectivity index is 3.21. The molecule has 21 heavy (non-hydrogen) atoms. The summed E-state index contributed by atoms with van der Waals surface area (Å²) in [5, 5.41) is 0. The Bertz CT molecular complexity index is 310. The van der Waals surface area contributed by atoms with E-state index in [2.05, 4.69) is 43.4 Å². The molecule has 0 fully saturated rings. The van der Waals surface area contributed by atoms with Crippen molar-refractivity contribution in [3.8, 4) is 0 Å². The molecule has 0 aromatic heterocycles. The Morgan fingerprint density at radius 2 is 1.24 bits per heavy atom. The van der Waals surface area contributed by atoms with E-state index >= 15 is 0 Å². The van der Waals surface area contributed by atoms with Crippen LogP contribution < -0.4 is 0 Å². The minimum Gasteiger partial charge on any atom is -0.300 e. The van der Waals surface area contributed by atoms with E-state index in [-0.39, 0.29) is 0 Å². The summed E-state index contributed by atoms with van der Waals surface area (Å²) in [6, 6.07) is 0. The van der Waals surface area contributed by atoms with Crippen molar-refractivity contribution in [3.05, 3.63) is 36.5 Å². The summed E-state index contributed by atoms with van der Waals surface area (Å²) in [6.45, 7) is 4.01. The fourth-order valence-corrected chi connectivity index (χ4v) is 2.13. The number of allylic oxidation sites excluding steroid dienone is 6. The SMILES string of the molecule is CC=CCCC=CCCCCCCC=CCCC(=O)CC. The largest absolute Gasteiger partial charge is 0.300 e. The molecule has 0 spiro atoms. The van der Waals surface area contributed by atoms with Crippen LogP contribution in [0.4, 0.5) is 0 Å².